The Hall–Kier alpha value is -4.27. The molecule has 8 nitrogen and oxygen atoms in total. The highest BCUT2D eigenvalue weighted by Crippen LogP contribution is 2.31. The summed E-state index contributed by atoms with van der Waals surface area (Å²) in [5.41, 5.74) is 1.37. The first kappa shape index (κ1) is 25.4. The Morgan fingerprint density at radius 3 is 2.66 bits per heavy atom. The van der Waals surface area contributed by atoms with Crippen LogP contribution in [0, 0.1) is 5.82 Å². The second-order valence-electron chi connectivity index (χ2n) is 9.84. The van der Waals surface area contributed by atoms with Gasteiger partial charge in [-0.1, -0.05) is 44.2 Å². The summed E-state index contributed by atoms with van der Waals surface area (Å²) in [5, 5.41) is 15.4. The molecule has 5 rings (SSSR count). The molecule has 3 heterocycles. The van der Waals surface area contributed by atoms with Crippen LogP contribution >= 0.6 is 0 Å². The number of carbonyl (C=O) groups excluding carboxylic acids is 1. The van der Waals surface area contributed by atoms with Gasteiger partial charge in [0.05, 0.1) is 5.69 Å². The Labute approximate surface area is 220 Å². The summed E-state index contributed by atoms with van der Waals surface area (Å²) in [4.78, 5) is 33.4. The molecule has 4 aromatic rings. The Morgan fingerprint density at radius 2 is 1.95 bits per heavy atom. The summed E-state index contributed by atoms with van der Waals surface area (Å²) < 4.78 is 17.4. The van der Waals surface area contributed by atoms with Gasteiger partial charge in [-0.15, -0.1) is 0 Å². The summed E-state index contributed by atoms with van der Waals surface area (Å²) in [5.74, 6) is -1.44. The Kier molecular flexibility index (Phi) is 6.84. The van der Waals surface area contributed by atoms with Gasteiger partial charge < -0.3 is 10.0 Å². The van der Waals surface area contributed by atoms with Crippen LogP contribution in [-0.4, -0.2) is 48.3 Å². The zero-order valence-electron chi connectivity index (χ0n) is 21.6. The molecule has 0 radical (unpaired) electrons. The second-order valence-corrected chi connectivity index (χ2v) is 9.84. The topological polar surface area (TPSA) is 93.3 Å². The SMILES string of the molecule is CCn1ccc(-c2nc(O)c(C(=O)N3CCC(c4ccccc4F)C3)c(=O)n2-c2cccc(C(C)C)c2)n1. The first-order chi connectivity index (χ1) is 18.3. The predicted molar refractivity (Wildman–Crippen MR) is 142 cm³/mol. The molecule has 1 saturated heterocycles. The van der Waals surface area contributed by atoms with E-state index in [1.807, 2.05) is 25.1 Å². The molecule has 2 aromatic carbocycles. The van der Waals surface area contributed by atoms with Crippen LogP contribution in [0.1, 0.15) is 60.5 Å². The molecule has 1 unspecified atom stereocenters. The van der Waals surface area contributed by atoms with Crippen LogP contribution in [0.5, 0.6) is 5.88 Å². The average molecular weight is 516 g/mol. The number of carbonyl (C=O) groups is 1. The van der Waals surface area contributed by atoms with Gasteiger partial charge in [-0.25, -0.2) is 4.39 Å². The van der Waals surface area contributed by atoms with Crippen molar-refractivity contribution in [3.8, 4) is 23.1 Å². The minimum absolute atomic E-state index is 0.141. The lowest BCUT2D eigenvalue weighted by molar-refractivity contribution is 0.0784. The molecule has 0 aliphatic carbocycles. The normalized spacial score (nSPS) is 15.4. The van der Waals surface area contributed by atoms with Gasteiger partial charge in [0.1, 0.15) is 11.5 Å². The molecule has 0 spiro atoms. The maximum absolute atomic E-state index is 14.4. The largest absolute Gasteiger partial charge is 0.493 e. The number of hydrogen-bond donors (Lipinski definition) is 1. The van der Waals surface area contributed by atoms with E-state index in [0.29, 0.717) is 36.5 Å². The van der Waals surface area contributed by atoms with Crippen molar-refractivity contribution < 1.29 is 14.3 Å². The third-order valence-electron chi connectivity index (χ3n) is 7.09. The molecule has 0 saturated carbocycles. The molecule has 0 bridgehead atoms. The van der Waals surface area contributed by atoms with Crippen molar-refractivity contribution in [2.45, 2.75) is 45.6 Å². The van der Waals surface area contributed by atoms with Crippen LogP contribution in [0.15, 0.2) is 65.6 Å². The number of aromatic hydroxyl groups is 1. The highest BCUT2D eigenvalue weighted by atomic mass is 19.1. The van der Waals surface area contributed by atoms with E-state index in [-0.39, 0.29) is 30.0 Å². The van der Waals surface area contributed by atoms with Gasteiger partial charge in [0.2, 0.25) is 5.88 Å². The van der Waals surface area contributed by atoms with Gasteiger partial charge in [0.15, 0.2) is 11.4 Å². The van der Waals surface area contributed by atoms with Crippen LogP contribution in [0.25, 0.3) is 17.2 Å². The summed E-state index contributed by atoms with van der Waals surface area (Å²) in [6.45, 7) is 7.23. The molecule has 1 fully saturated rings. The lowest BCUT2D eigenvalue weighted by Crippen LogP contribution is -2.36. The van der Waals surface area contributed by atoms with E-state index in [4.69, 9.17) is 0 Å². The summed E-state index contributed by atoms with van der Waals surface area (Å²) >= 11 is 0. The van der Waals surface area contributed by atoms with E-state index in [1.165, 1.54) is 15.5 Å². The van der Waals surface area contributed by atoms with Gasteiger partial charge in [-0.05, 0) is 54.7 Å². The Morgan fingerprint density at radius 1 is 1.16 bits per heavy atom. The van der Waals surface area contributed by atoms with Crippen molar-refractivity contribution in [1.82, 2.24) is 24.2 Å². The molecular weight excluding hydrogens is 485 g/mol. The third kappa shape index (κ3) is 4.60. The molecule has 1 atom stereocenters. The van der Waals surface area contributed by atoms with E-state index >= 15 is 0 Å². The summed E-state index contributed by atoms with van der Waals surface area (Å²) in [6.07, 6.45) is 2.32. The maximum atomic E-state index is 14.4. The van der Waals surface area contributed by atoms with E-state index < -0.39 is 22.9 Å². The fourth-order valence-corrected chi connectivity index (χ4v) is 4.95. The minimum Gasteiger partial charge on any atom is -0.493 e. The molecular formula is C29H30FN5O3. The minimum atomic E-state index is -0.682. The van der Waals surface area contributed by atoms with Crippen LogP contribution < -0.4 is 5.56 Å². The van der Waals surface area contributed by atoms with Crippen LogP contribution in [0.2, 0.25) is 0 Å². The van der Waals surface area contributed by atoms with Crippen molar-refractivity contribution in [2.24, 2.45) is 0 Å². The fourth-order valence-electron chi connectivity index (χ4n) is 4.95. The van der Waals surface area contributed by atoms with Crippen molar-refractivity contribution in [3.63, 3.8) is 0 Å². The molecule has 1 amide bonds. The number of nitrogens with zero attached hydrogens (tertiary/aromatic N) is 5. The third-order valence-corrected chi connectivity index (χ3v) is 7.09. The second kappa shape index (κ2) is 10.2. The van der Waals surface area contributed by atoms with Crippen molar-refractivity contribution in [1.29, 1.82) is 0 Å². The van der Waals surface area contributed by atoms with Gasteiger partial charge in [0.25, 0.3) is 11.5 Å². The van der Waals surface area contributed by atoms with E-state index in [0.717, 1.165) is 5.56 Å². The lowest BCUT2D eigenvalue weighted by Gasteiger charge is -2.19. The maximum Gasteiger partial charge on any atom is 0.275 e. The molecule has 2 aromatic heterocycles. The van der Waals surface area contributed by atoms with Crippen molar-refractivity contribution in [3.05, 3.63) is 93.7 Å². The number of benzene rings is 2. The number of halogens is 1. The Bertz CT molecular complexity index is 1560. The van der Waals surface area contributed by atoms with Crippen LogP contribution in [0.4, 0.5) is 4.39 Å². The highest BCUT2D eigenvalue weighted by Gasteiger charge is 2.34. The standard InChI is InChI=1S/C29H30FN5O3/c1-4-34-15-13-24(32-34)26-31-27(36)25(29(38)35(26)21-9-7-8-19(16-21)18(2)3)28(37)33-14-12-20(17-33)22-10-5-6-11-23(22)30/h5-11,13,15-16,18,20,36H,4,12,14,17H2,1-3H3. The van der Waals surface area contributed by atoms with Crippen molar-refractivity contribution in [2.75, 3.05) is 13.1 Å². The van der Waals surface area contributed by atoms with Crippen LogP contribution in [0.3, 0.4) is 0 Å². The molecule has 1 aliphatic heterocycles. The van der Waals surface area contributed by atoms with E-state index in [9.17, 15) is 19.1 Å². The fraction of sp³-hybridized carbons (Fsp3) is 0.310. The average Bonchev–Trinajstić information content (AvgIpc) is 3.59. The highest BCUT2D eigenvalue weighted by molar-refractivity contribution is 5.96. The van der Waals surface area contributed by atoms with Crippen molar-refractivity contribution >= 4 is 5.91 Å². The number of amides is 1. The molecule has 9 heteroatoms. The molecule has 1 aliphatic rings. The number of aryl methyl sites for hydroxylation is 1. The number of hydrogen-bond acceptors (Lipinski definition) is 5. The molecule has 1 N–H and O–H groups in total. The van der Waals surface area contributed by atoms with E-state index in [1.54, 1.807) is 41.2 Å². The summed E-state index contributed by atoms with van der Waals surface area (Å²) in [6, 6.07) is 15.7. The first-order valence-electron chi connectivity index (χ1n) is 12.8. The smallest absolute Gasteiger partial charge is 0.275 e. The van der Waals surface area contributed by atoms with Gasteiger partial charge in [0, 0.05) is 31.7 Å². The van der Waals surface area contributed by atoms with E-state index in [2.05, 4.69) is 23.9 Å². The lowest BCUT2D eigenvalue weighted by atomic mass is 9.98. The molecule has 196 valence electrons. The zero-order chi connectivity index (χ0) is 27.0. The van der Waals surface area contributed by atoms with Gasteiger partial charge in [-0.3, -0.25) is 18.8 Å². The number of aromatic nitrogens is 4. The predicted octanol–water partition coefficient (Wildman–Crippen LogP) is 4.71. The van der Waals surface area contributed by atoms with Gasteiger partial charge in [-0.2, -0.15) is 10.1 Å². The molecule has 38 heavy (non-hydrogen) atoms. The quantitative estimate of drug-likeness (QED) is 0.401. The van der Waals surface area contributed by atoms with Gasteiger partial charge >= 0.3 is 0 Å². The summed E-state index contributed by atoms with van der Waals surface area (Å²) in [7, 11) is 0. The zero-order valence-corrected chi connectivity index (χ0v) is 21.6. The van der Waals surface area contributed by atoms with Crippen LogP contribution in [-0.2, 0) is 6.54 Å². The Balaban J connectivity index is 1.60. The monoisotopic (exact) mass is 515 g/mol. The number of rotatable bonds is 6. The first-order valence-corrected chi connectivity index (χ1v) is 12.8. The number of likely N-dealkylation sites (tertiary alicyclic amines) is 1.